The highest BCUT2D eigenvalue weighted by molar-refractivity contribution is 5.99. The molecule has 0 saturated heterocycles. The Morgan fingerprint density at radius 3 is 2.29 bits per heavy atom. The average Bonchev–Trinajstić information content (AvgIpc) is 2.72. The van der Waals surface area contributed by atoms with Crippen LogP contribution in [0, 0.1) is 6.92 Å². The minimum absolute atomic E-state index is 0.0775. The molecule has 0 radical (unpaired) electrons. The van der Waals surface area contributed by atoms with Crippen molar-refractivity contribution in [2.75, 3.05) is 7.11 Å². The first-order valence-corrected chi connectivity index (χ1v) is 9.73. The molecule has 0 spiro atoms. The minimum Gasteiger partial charge on any atom is -0.496 e. The van der Waals surface area contributed by atoms with Crippen LogP contribution >= 0.6 is 0 Å². The Labute approximate surface area is 164 Å². The number of nitrogens with zero attached hydrogens (tertiary/aromatic N) is 1. The number of fused-ring (bicyclic) bond motifs is 4. The third-order valence-electron chi connectivity index (χ3n) is 5.67. The van der Waals surface area contributed by atoms with Gasteiger partial charge in [0.1, 0.15) is 5.75 Å². The summed E-state index contributed by atoms with van der Waals surface area (Å²) in [6.45, 7) is 4.11. The smallest absolute Gasteiger partial charge is 0.219 e. The zero-order valence-electron chi connectivity index (χ0n) is 16.6. The lowest BCUT2D eigenvalue weighted by atomic mass is 9.98. The van der Waals surface area contributed by atoms with E-state index in [0.717, 1.165) is 57.1 Å². The normalized spacial score (nSPS) is 11.6. The Morgan fingerprint density at radius 2 is 1.61 bits per heavy atom. The number of aliphatic hydroxyl groups excluding tert-OH is 2. The van der Waals surface area contributed by atoms with Crippen LogP contribution in [0.3, 0.4) is 0 Å². The number of pyridine rings is 2. The van der Waals surface area contributed by atoms with E-state index >= 15 is 0 Å². The summed E-state index contributed by atoms with van der Waals surface area (Å²) in [4.78, 5) is 0. The molecule has 0 fully saturated rings. The van der Waals surface area contributed by atoms with Crippen LogP contribution in [0.4, 0.5) is 0 Å². The van der Waals surface area contributed by atoms with Gasteiger partial charge < -0.3 is 14.9 Å². The topological polar surface area (TPSA) is 53.8 Å². The average molecular weight is 376 g/mol. The molecule has 4 aromatic rings. The number of aryl methyl sites for hydroxylation is 2. The first-order valence-electron chi connectivity index (χ1n) is 9.73. The van der Waals surface area contributed by atoms with Crippen molar-refractivity contribution in [3.63, 3.8) is 0 Å². The van der Waals surface area contributed by atoms with Gasteiger partial charge in [-0.1, -0.05) is 13.3 Å². The molecule has 2 heterocycles. The number of ether oxygens (including phenoxy) is 1. The fraction of sp³-hybridized carbons (Fsp3) is 0.292. The first kappa shape index (κ1) is 18.7. The van der Waals surface area contributed by atoms with Gasteiger partial charge in [-0.05, 0) is 58.1 Å². The predicted octanol–water partition coefficient (Wildman–Crippen LogP) is 3.99. The van der Waals surface area contributed by atoms with Crippen molar-refractivity contribution in [2.45, 2.75) is 39.9 Å². The maximum atomic E-state index is 9.69. The van der Waals surface area contributed by atoms with E-state index in [2.05, 4.69) is 48.7 Å². The Hall–Kier alpha value is -2.69. The molecule has 0 aliphatic heterocycles. The fourth-order valence-corrected chi connectivity index (χ4v) is 4.17. The molecule has 0 saturated carbocycles. The number of aromatic nitrogens is 1. The van der Waals surface area contributed by atoms with Crippen molar-refractivity contribution in [1.29, 1.82) is 0 Å². The van der Waals surface area contributed by atoms with Crippen LogP contribution in [0.1, 0.15) is 35.7 Å². The summed E-state index contributed by atoms with van der Waals surface area (Å²) in [6, 6.07) is 12.6. The maximum absolute atomic E-state index is 9.69. The second-order valence-corrected chi connectivity index (χ2v) is 7.33. The quantitative estimate of drug-likeness (QED) is 0.315. The number of methoxy groups -OCH3 is 1. The summed E-state index contributed by atoms with van der Waals surface area (Å²) in [6.07, 6.45) is 4.12. The molecular formula is C24H26NO3+. The van der Waals surface area contributed by atoms with Crippen molar-refractivity contribution in [3.05, 3.63) is 65.0 Å². The second-order valence-electron chi connectivity index (χ2n) is 7.33. The van der Waals surface area contributed by atoms with Crippen molar-refractivity contribution < 1.29 is 19.4 Å². The molecule has 0 amide bonds. The van der Waals surface area contributed by atoms with Gasteiger partial charge in [-0.15, -0.1) is 0 Å². The standard InChI is InChI=1S/C24H26NO3/c1-4-5-17-9-22-16(12-24(17)28-3)6-7-25-15(2)21-10-20(14-27)19(13-26)8-18(21)11-23(22)25/h6-12,26-27H,4-5,13-14H2,1-3H3/q+1. The van der Waals surface area contributed by atoms with Crippen molar-refractivity contribution in [1.82, 2.24) is 0 Å². The predicted molar refractivity (Wildman–Crippen MR) is 112 cm³/mol. The zero-order chi connectivity index (χ0) is 19.8. The molecule has 2 N–H and O–H groups in total. The van der Waals surface area contributed by atoms with Crippen molar-refractivity contribution in [3.8, 4) is 5.75 Å². The minimum atomic E-state index is -0.0799. The van der Waals surface area contributed by atoms with Crippen LogP contribution in [-0.4, -0.2) is 17.3 Å². The highest BCUT2D eigenvalue weighted by Gasteiger charge is 2.18. The van der Waals surface area contributed by atoms with Crippen LogP contribution in [0.15, 0.2) is 42.6 Å². The van der Waals surface area contributed by atoms with E-state index in [4.69, 9.17) is 4.74 Å². The molecule has 2 aromatic carbocycles. The molecule has 0 aliphatic rings. The van der Waals surface area contributed by atoms with Crippen molar-refractivity contribution in [2.24, 2.45) is 0 Å². The summed E-state index contributed by atoms with van der Waals surface area (Å²) in [5.41, 5.74) is 5.00. The highest BCUT2D eigenvalue weighted by Crippen LogP contribution is 2.31. The van der Waals surface area contributed by atoms with Crippen LogP contribution in [0.5, 0.6) is 5.75 Å². The number of rotatable bonds is 5. The number of hydrogen-bond acceptors (Lipinski definition) is 3. The summed E-state index contributed by atoms with van der Waals surface area (Å²) in [7, 11) is 1.73. The molecule has 144 valence electrons. The SMILES string of the molecule is CCCc1cc2c(cc[n+]3c(C)c4cc(CO)c(CO)cc4cc23)cc1OC. The molecule has 28 heavy (non-hydrogen) atoms. The largest absolute Gasteiger partial charge is 0.496 e. The maximum Gasteiger partial charge on any atom is 0.219 e. The monoisotopic (exact) mass is 376 g/mol. The Balaban J connectivity index is 2.10. The van der Waals surface area contributed by atoms with Crippen LogP contribution in [-0.2, 0) is 19.6 Å². The lowest BCUT2D eigenvalue weighted by Crippen LogP contribution is -2.26. The molecule has 0 aliphatic carbocycles. The molecule has 4 rings (SSSR count). The highest BCUT2D eigenvalue weighted by atomic mass is 16.5. The zero-order valence-corrected chi connectivity index (χ0v) is 16.6. The molecule has 4 nitrogen and oxygen atoms in total. The van der Waals surface area contributed by atoms with Gasteiger partial charge >= 0.3 is 0 Å². The van der Waals surface area contributed by atoms with Crippen LogP contribution in [0.25, 0.3) is 27.1 Å². The molecule has 0 bridgehead atoms. The van der Waals surface area contributed by atoms with Gasteiger partial charge in [-0.25, -0.2) is 0 Å². The van der Waals surface area contributed by atoms with Gasteiger partial charge in [0, 0.05) is 24.4 Å². The van der Waals surface area contributed by atoms with Gasteiger partial charge in [0.25, 0.3) is 0 Å². The van der Waals surface area contributed by atoms with Gasteiger partial charge in [0.15, 0.2) is 11.9 Å². The van der Waals surface area contributed by atoms with Gasteiger partial charge in [-0.3, -0.25) is 0 Å². The summed E-state index contributed by atoms with van der Waals surface area (Å²) in [5, 5.41) is 23.8. The van der Waals surface area contributed by atoms with E-state index in [1.807, 2.05) is 12.1 Å². The van der Waals surface area contributed by atoms with E-state index < -0.39 is 0 Å². The lowest BCUT2D eigenvalue weighted by molar-refractivity contribution is -0.516. The van der Waals surface area contributed by atoms with E-state index in [1.165, 1.54) is 10.9 Å². The van der Waals surface area contributed by atoms with Crippen molar-refractivity contribution >= 4 is 27.1 Å². The summed E-state index contributed by atoms with van der Waals surface area (Å²) >= 11 is 0. The Bertz CT molecular complexity index is 1200. The molecule has 4 heteroatoms. The van der Waals surface area contributed by atoms with Gasteiger partial charge in [0.05, 0.1) is 25.7 Å². The van der Waals surface area contributed by atoms with E-state index in [1.54, 1.807) is 7.11 Å². The summed E-state index contributed by atoms with van der Waals surface area (Å²) < 4.78 is 7.81. The van der Waals surface area contributed by atoms with Crippen LogP contribution in [0.2, 0.25) is 0 Å². The second kappa shape index (κ2) is 7.38. The molecule has 0 atom stereocenters. The van der Waals surface area contributed by atoms with E-state index in [-0.39, 0.29) is 13.2 Å². The lowest BCUT2D eigenvalue weighted by Gasteiger charge is -2.12. The van der Waals surface area contributed by atoms with Gasteiger partial charge in [-0.2, -0.15) is 4.40 Å². The third-order valence-corrected chi connectivity index (χ3v) is 5.67. The first-order chi connectivity index (χ1) is 13.6. The Kier molecular flexibility index (Phi) is 4.92. The molecule has 0 unspecified atom stereocenters. The Morgan fingerprint density at radius 1 is 0.893 bits per heavy atom. The fourth-order valence-electron chi connectivity index (χ4n) is 4.17. The number of hydrogen-bond donors (Lipinski definition) is 2. The van der Waals surface area contributed by atoms with Gasteiger partial charge in [0.2, 0.25) is 5.52 Å². The third kappa shape index (κ3) is 2.89. The van der Waals surface area contributed by atoms with Crippen LogP contribution < -0.4 is 9.14 Å². The van der Waals surface area contributed by atoms with E-state index in [0.29, 0.717) is 0 Å². The molecular weight excluding hydrogens is 350 g/mol. The van der Waals surface area contributed by atoms with E-state index in [9.17, 15) is 10.2 Å². The summed E-state index contributed by atoms with van der Waals surface area (Å²) in [5.74, 6) is 0.936. The number of benzene rings is 2. The molecule has 2 aromatic heterocycles. The number of aliphatic hydroxyl groups is 2.